The van der Waals surface area contributed by atoms with Crippen molar-refractivity contribution in [1.82, 2.24) is 9.97 Å². The number of hydrogen-bond acceptors (Lipinski definition) is 4. The molecule has 1 N–H and O–H groups in total. The Morgan fingerprint density at radius 1 is 1.14 bits per heavy atom. The molecule has 21 heavy (non-hydrogen) atoms. The summed E-state index contributed by atoms with van der Waals surface area (Å²) in [6, 6.07) is 8.52. The largest absolute Gasteiger partial charge is 0.370 e. The van der Waals surface area contributed by atoms with Gasteiger partial charge in [-0.3, -0.25) is 0 Å². The molecule has 1 aromatic carbocycles. The third-order valence-electron chi connectivity index (χ3n) is 3.21. The standard InChI is InChI=1S/C17H23N3S/c1-5-10-18-16-13(4)17(20-15(6-2)19-16)21-14-9-7-8-12(3)11-14/h7-9,11H,5-6,10H2,1-4H3,(H,18,19,20). The van der Waals surface area contributed by atoms with Crippen LogP contribution >= 0.6 is 11.8 Å². The molecule has 2 rings (SSSR count). The monoisotopic (exact) mass is 301 g/mol. The maximum absolute atomic E-state index is 4.70. The van der Waals surface area contributed by atoms with E-state index in [9.17, 15) is 0 Å². The van der Waals surface area contributed by atoms with E-state index in [-0.39, 0.29) is 0 Å². The second kappa shape index (κ2) is 7.46. The van der Waals surface area contributed by atoms with Crippen molar-refractivity contribution >= 4 is 17.6 Å². The number of benzene rings is 1. The first-order valence-electron chi connectivity index (χ1n) is 7.50. The molecule has 0 bridgehead atoms. The maximum atomic E-state index is 4.70. The molecule has 0 fully saturated rings. The zero-order valence-corrected chi connectivity index (χ0v) is 14.0. The summed E-state index contributed by atoms with van der Waals surface area (Å²) >= 11 is 1.71. The van der Waals surface area contributed by atoms with Crippen LogP contribution in [0.3, 0.4) is 0 Å². The minimum Gasteiger partial charge on any atom is -0.370 e. The minimum atomic E-state index is 0.850. The van der Waals surface area contributed by atoms with E-state index >= 15 is 0 Å². The zero-order valence-electron chi connectivity index (χ0n) is 13.2. The van der Waals surface area contributed by atoms with Gasteiger partial charge in [-0.05, 0) is 32.4 Å². The van der Waals surface area contributed by atoms with E-state index in [1.807, 2.05) is 0 Å². The molecular weight excluding hydrogens is 278 g/mol. The van der Waals surface area contributed by atoms with Crippen molar-refractivity contribution < 1.29 is 0 Å². The van der Waals surface area contributed by atoms with Crippen LogP contribution in [0.25, 0.3) is 0 Å². The van der Waals surface area contributed by atoms with Crippen LogP contribution in [0.4, 0.5) is 5.82 Å². The fourth-order valence-electron chi connectivity index (χ4n) is 2.00. The third kappa shape index (κ3) is 4.21. The highest BCUT2D eigenvalue weighted by molar-refractivity contribution is 7.99. The van der Waals surface area contributed by atoms with Crippen molar-refractivity contribution in [3.8, 4) is 0 Å². The summed E-state index contributed by atoms with van der Waals surface area (Å²) in [5.74, 6) is 1.87. The topological polar surface area (TPSA) is 37.8 Å². The van der Waals surface area contributed by atoms with Gasteiger partial charge < -0.3 is 5.32 Å². The summed E-state index contributed by atoms with van der Waals surface area (Å²) in [6.07, 6.45) is 1.94. The highest BCUT2D eigenvalue weighted by Crippen LogP contribution is 2.31. The number of anilines is 1. The molecule has 1 heterocycles. The lowest BCUT2D eigenvalue weighted by Gasteiger charge is -2.13. The van der Waals surface area contributed by atoms with E-state index in [0.717, 1.165) is 41.6 Å². The minimum absolute atomic E-state index is 0.850. The Labute approximate surface area is 131 Å². The Kier molecular flexibility index (Phi) is 5.62. The van der Waals surface area contributed by atoms with Crippen LogP contribution < -0.4 is 5.32 Å². The van der Waals surface area contributed by atoms with Crippen LogP contribution in [0.1, 0.15) is 37.2 Å². The lowest BCUT2D eigenvalue weighted by atomic mass is 10.2. The van der Waals surface area contributed by atoms with Gasteiger partial charge in [-0.25, -0.2) is 9.97 Å². The molecule has 0 radical (unpaired) electrons. The summed E-state index contributed by atoms with van der Waals surface area (Å²) < 4.78 is 0. The Morgan fingerprint density at radius 3 is 2.62 bits per heavy atom. The van der Waals surface area contributed by atoms with Gasteiger partial charge in [0.15, 0.2) is 0 Å². The molecule has 0 amide bonds. The SMILES string of the molecule is CCCNc1nc(CC)nc(Sc2cccc(C)c2)c1C. The van der Waals surface area contributed by atoms with Crippen LogP contribution in [-0.4, -0.2) is 16.5 Å². The van der Waals surface area contributed by atoms with Crippen molar-refractivity contribution in [3.05, 3.63) is 41.2 Å². The predicted octanol–water partition coefficient (Wildman–Crippen LogP) is 4.63. The Bertz CT molecular complexity index is 611. The van der Waals surface area contributed by atoms with Crippen LogP contribution in [0.2, 0.25) is 0 Å². The number of nitrogens with one attached hydrogen (secondary N) is 1. The summed E-state index contributed by atoms with van der Waals surface area (Å²) in [4.78, 5) is 10.5. The molecule has 2 aromatic rings. The second-order valence-corrected chi connectivity index (χ2v) is 6.18. The highest BCUT2D eigenvalue weighted by Gasteiger charge is 2.11. The summed E-state index contributed by atoms with van der Waals surface area (Å²) in [5, 5.41) is 4.46. The van der Waals surface area contributed by atoms with Gasteiger partial charge in [0.05, 0.1) is 0 Å². The molecule has 0 saturated heterocycles. The first-order chi connectivity index (χ1) is 10.1. The van der Waals surface area contributed by atoms with Gasteiger partial charge in [-0.2, -0.15) is 0 Å². The molecular formula is C17H23N3S. The second-order valence-electron chi connectivity index (χ2n) is 5.12. The van der Waals surface area contributed by atoms with E-state index in [2.05, 4.69) is 62.3 Å². The molecule has 0 unspecified atom stereocenters. The van der Waals surface area contributed by atoms with Gasteiger partial charge in [-0.15, -0.1) is 0 Å². The number of nitrogens with zero attached hydrogens (tertiary/aromatic N) is 2. The number of rotatable bonds is 6. The number of aromatic nitrogens is 2. The van der Waals surface area contributed by atoms with Crippen LogP contribution in [0.5, 0.6) is 0 Å². The van der Waals surface area contributed by atoms with Gasteiger partial charge in [0.2, 0.25) is 0 Å². The molecule has 1 aromatic heterocycles. The Balaban J connectivity index is 2.33. The molecule has 0 spiro atoms. The maximum Gasteiger partial charge on any atom is 0.133 e. The molecule has 3 nitrogen and oxygen atoms in total. The lowest BCUT2D eigenvalue weighted by molar-refractivity contribution is 0.861. The fraction of sp³-hybridized carbons (Fsp3) is 0.412. The normalized spacial score (nSPS) is 10.7. The number of aryl methyl sites for hydroxylation is 2. The van der Waals surface area contributed by atoms with Crippen LogP contribution in [-0.2, 0) is 6.42 Å². The average molecular weight is 301 g/mol. The molecule has 0 atom stereocenters. The van der Waals surface area contributed by atoms with E-state index in [4.69, 9.17) is 4.98 Å². The van der Waals surface area contributed by atoms with E-state index < -0.39 is 0 Å². The third-order valence-corrected chi connectivity index (χ3v) is 4.29. The van der Waals surface area contributed by atoms with Crippen molar-refractivity contribution in [1.29, 1.82) is 0 Å². The van der Waals surface area contributed by atoms with E-state index in [1.54, 1.807) is 11.8 Å². The van der Waals surface area contributed by atoms with Gasteiger partial charge in [-0.1, -0.05) is 43.3 Å². The molecule has 0 aliphatic heterocycles. The van der Waals surface area contributed by atoms with Gasteiger partial charge >= 0.3 is 0 Å². The first-order valence-corrected chi connectivity index (χ1v) is 8.31. The first kappa shape index (κ1) is 15.8. The summed E-state index contributed by atoms with van der Waals surface area (Å²) in [7, 11) is 0. The van der Waals surface area contributed by atoms with Crippen LogP contribution in [0, 0.1) is 13.8 Å². The molecule has 112 valence electrons. The summed E-state index contributed by atoms with van der Waals surface area (Å²) in [6.45, 7) is 9.40. The van der Waals surface area contributed by atoms with Crippen molar-refractivity contribution in [2.24, 2.45) is 0 Å². The van der Waals surface area contributed by atoms with E-state index in [0.29, 0.717) is 0 Å². The molecule has 0 saturated carbocycles. The smallest absolute Gasteiger partial charge is 0.133 e. The van der Waals surface area contributed by atoms with E-state index in [1.165, 1.54) is 10.5 Å². The summed E-state index contributed by atoms with van der Waals surface area (Å²) in [5.41, 5.74) is 2.40. The Morgan fingerprint density at radius 2 is 1.95 bits per heavy atom. The zero-order chi connectivity index (χ0) is 15.2. The van der Waals surface area contributed by atoms with Crippen molar-refractivity contribution in [2.75, 3.05) is 11.9 Å². The number of hydrogen-bond donors (Lipinski definition) is 1. The Hall–Kier alpha value is -1.55. The fourth-order valence-corrected chi connectivity index (χ4v) is 3.02. The van der Waals surface area contributed by atoms with Gasteiger partial charge in [0, 0.05) is 23.4 Å². The van der Waals surface area contributed by atoms with Crippen molar-refractivity contribution in [3.63, 3.8) is 0 Å². The van der Waals surface area contributed by atoms with Crippen LogP contribution in [0.15, 0.2) is 34.2 Å². The van der Waals surface area contributed by atoms with Crippen molar-refractivity contribution in [2.45, 2.75) is 50.5 Å². The highest BCUT2D eigenvalue weighted by atomic mass is 32.2. The van der Waals surface area contributed by atoms with Gasteiger partial charge in [0.1, 0.15) is 16.7 Å². The lowest BCUT2D eigenvalue weighted by Crippen LogP contribution is -2.08. The van der Waals surface area contributed by atoms with Gasteiger partial charge in [0.25, 0.3) is 0 Å². The molecule has 0 aliphatic rings. The predicted molar refractivity (Wildman–Crippen MR) is 90.2 cm³/mol. The average Bonchev–Trinajstić information content (AvgIpc) is 2.48. The molecule has 4 heteroatoms. The molecule has 0 aliphatic carbocycles. The quantitative estimate of drug-likeness (QED) is 0.789.